The highest BCUT2D eigenvalue weighted by molar-refractivity contribution is 5.63. The molecule has 2 rings (SSSR count). The van der Waals surface area contributed by atoms with Gasteiger partial charge in [0, 0.05) is 17.6 Å². The predicted octanol–water partition coefficient (Wildman–Crippen LogP) is 2.10. The van der Waals surface area contributed by atoms with Gasteiger partial charge in [0.15, 0.2) is 0 Å². The molecule has 0 spiro atoms. The van der Waals surface area contributed by atoms with Crippen molar-refractivity contribution < 1.29 is 4.74 Å². The van der Waals surface area contributed by atoms with Gasteiger partial charge in [-0.25, -0.2) is 0 Å². The van der Waals surface area contributed by atoms with Crippen molar-refractivity contribution in [2.24, 2.45) is 5.41 Å². The normalized spacial score (nSPS) is 18.7. The summed E-state index contributed by atoms with van der Waals surface area (Å²) in [5.41, 5.74) is 7.62. The molecule has 0 aliphatic carbocycles. The number of ether oxygens (including phenoxy) is 1. The second-order valence-corrected chi connectivity index (χ2v) is 4.56. The number of nitrogens with two attached hydrogens (primary N) is 1. The van der Waals surface area contributed by atoms with Crippen LogP contribution < -0.4 is 15.8 Å². The van der Waals surface area contributed by atoms with Gasteiger partial charge >= 0.3 is 0 Å². The van der Waals surface area contributed by atoms with Crippen LogP contribution in [0, 0.1) is 5.41 Å². The van der Waals surface area contributed by atoms with Crippen LogP contribution in [0.1, 0.15) is 13.8 Å². The average Bonchev–Trinajstić information content (AvgIpc) is 2.26. The molecule has 0 bridgehead atoms. The van der Waals surface area contributed by atoms with E-state index < -0.39 is 0 Å². The second-order valence-electron chi connectivity index (χ2n) is 4.56. The molecule has 14 heavy (non-hydrogen) atoms. The number of rotatable bonds is 0. The van der Waals surface area contributed by atoms with Crippen LogP contribution in [0.2, 0.25) is 0 Å². The first-order valence-electron chi connectivity index (χ1n) is 4.83. The summed E-state index contributed by atoms with van der Waals surface area (Å²) in [6, 6.07) is 5.69. The Hall–Kier alpha value is -1.38. The van der Waals surface area contributed by atoms with E-state index in [4.69, 9.17) is 10.5 Å². The molecule has 0 amide bonds. The van der Waals surface area contributed by atoms with Gasteiger partial charge in [0.05, 0.1) is 12.3 Å². The fourth-order valence-corrected chi connectivity index (χ4v) is 1.47. The predicted molar refractivity (Wildman–Crippen MR) is 58.6 cm³/mol. The van der Waals surface area contributed by atoms with Crippen LogP contribution in [0.3, 0.4) is 0 Å². The quantitative estimate of drug-likeness (QED) is 0.619. The van der Waals surface area contributed by atoms with Crippen LogP contribution in [-0.4, -0.2) is 13.2 Å². The highest BCUT2D eigenvalue weighted by atomic mass is 16.5. The van der Waals surface area contributed by atoms with Crippen molar-refractivity contribution in [3.63, 3.8) is 0 Å². The zero-order valence-electron chi connectivity index (χ0n) is 8.63. The number of hydrogen-bond donors (Lipinski definition) is 2. The molecule has 0 radical (unpaired) electrons. The largest absolute Gasteiger partial charge is 0.491 e. The van der Waals surface area contributed by atoms with E-state index in [2.05, 4.69) is 19.2 Å². The van der Waals surface area contributed by atoms with Gasteiger partial charge in [-0.05, 0) is 18.2 Å². The van der Waals surface area contributed by atoms with E-state index >= 15 is 0 Å². The van der Waals surface area contributed by atoms with Crippen LogP contribution in [0.15, 0.2) is 18.2 Å². The fraction of sp³-hybridized carbons (Fsp3) is 0.455. The molecule has 3 heteroatoms. The smallest absolute Gasteiger partial charge is 0.142 e. The Balaban J connectivity index is 2.30. The highest BCUT2D eigenvalue weighted by Crippen LogP contribution is 2.32. The molecule has 0 saturated heterocycles. The number of fused-ring (bicyclic) bond motifs is 1. The van der Waals surface area contributed by atoms with Gasteiger partial charge < -0.3 is 15.8 Å². The van der Waals surface area contributed by atoms with Crippen LogP contribution in [0.5, 0.6) is 5.75 Å². The van der Waals surface area contributed by atoms with Crippen LogP contribution in [-0.2, 0) is 0 Å². The Bertz CT molecular complexity index is 347. The van der Waals surface area contributed by atoms with Gasteiger partial charge in [-0.2, -0.15) is 0 Å². The first kappa shape index (κ1) is 9.19. The monoisotopic (exact) mass is 192 g/mol. The molecule has 3 N–H and O–H groups in total. The Labute approximate surface area is 84.3 Å². The maximum absolute atomic E-state index is 5.70. The molecule has 1 aliphatic rings. The Morgan fingerprint density at radius 2 is 2.21 bits per heavy atom. The van der Waals surface area contributed by atoms with Gasteiger partial charge in [-0.15, -0.1) is 0 Å². The molecule has 0 atom stereocenters. The topological polar surface area (TPSA) is 47.3 Å². The molecule has 1 aromatic carbocycles. The van der Waals surface area contributed by atoms with E-state index in [0.717, 1.165) is 30.3 Å². The van der Waals surface area contributed by atoms with E-state index in [1.807, 2.05) is 18.2 Å². The third-order valence-corrected chi connectivity index (χ3v) is 2.38. The van der Waals surface area contributed by atoms with Crippen molar-refractivity contribution in [3.8, 4) is 5.75 Å². The van der Waals surface area contributed by atoms with Gasteiger partial charge in [0.1, 0.15) is 5.75 Å². The van der Waals surface area contributed by atoms with E-state index in [0.29, 0.717) is 0 Å². The van der Waals surface area contributed by atoms with E-state index in [-0.39, 0.29) is 5.41 Å². The molecular weight excluding hydrogens is 176 g/mol. The lowest BCUT2D eigenvalue weighted by molar-refractivity contribution is 0.200. The number of anilines is 2. The standard InChI is InChI=1S/C11H16N2O/c1-11(2)6-13-9-5-8(12)3-4-10(9)14-7-11/h3-5,13H,6-7,12H2,1-2H3. The van der Waals surface area contributed by atoms with E-state index in [1.165, 1.54) is 0 Å². The van der Waals surface area contributed by atoms with Crippen molar-refractivity contribution in [1.29, 1.82) is 0 Å². The summed E-state index contributed by atoms with van der Waals surface area (Å²) in [7, 11) is 0. The zero-order chi connectivity index (χ0) is 10.2. The molecule has 0 aromatic heterocycles. The van der Waals surface area contributed by atoms with Gasteiger partial charge in [-0.1, -0.05) is 13.8 Å². The molecule has 1 aliphatic heterocycles. The number of hydrogen-bond acceptors (Lipinski definition) is 3. The van der Waals surface area contributed by atoms with E-state index in [9.17, 15) is 0 Å². The maximum atomic E-state index is 5.70. The number of nitrogens with one attached hydrogen (secondary N) is 1. The van der Waals surface area contributed by atoms with Gasteiger partial charge in [-0.3, -0.25) is 0 Å². The van der Waals surface area contributed by atoms with Gasteiger partial charge in [0.25, 0.3) is 0 Å². The third-order valence-electron chi connectivity index (χ3n) is 2.38. The Kier molecular flexibility index (Phi) is 2.02. The lowest BCUT2D eigenvalue weighted by Gasteiger charge is -2.20. The van der Waals surface area contributed by atoms with Crippen molar-refractivity contribution in [3.05, 3.63) is 18.2 Å². The Morgan fingerprint density at radius 1 is 1.43 bits per heavy atom. The summed E-state index contributed by atoms with van der Waals surface area (Å²) in [5.74, 6) is 0.893. The minimum Gasteiger partial charge on any atom is -0.491 e. The van der Waals surface area contributed by atoms with Gasteiger partial charge in [0.2, 0.25) is 0 Å². The summed E-state index contributed by atoms with van der Waals surface area (Å²) >= 11 is 0. The second kappa shape index (κ2) is 3.08. The molecule has 0 saturated carbocycles. The number of benzene rings is 1. The molecule has 76 valence electrons. The summed E-state index contributed by atoms with van der Waals surface area (Å²) in [6.45, 7) is 5.99. The fourth-order valence-electron chi connectivity index (χ4n) is 1.47. The average molecular weight is 192 g/mol. The molecule has 3 nitrogen and oxygen atoms in total. The first-order chi connectivity index (χ1) is 6.57. The molecule has 0 fully saturated rings. The summed E-state index contributed by atoms with van der Waals surface area (Å²) in [5, 5.41) is 3.35. The van der Waals surface area contributed by atoms with E-state index in [1.54, 1.807) is 0 Å². The highest BCUT2D eigenvalue weighted by Gasteiger charge is 2.23. The van der Waals surface area contributed by atoms with Crippen LogP contribution >= 0.6 is 0 Å². The third kappa shape index (κ3) is 1.76. The lowest BCUT2D eigenvalue weighted by Crippen LogP contribution is -2.27. The number of nitrogen functional groups attached to an aromatic ring is 1. The minimum absolute atomic E-state index is 0.160. The molecule has 1 heterocycles. The Morgan fingerprint density at radius 3 is 3.00 bits per heavy atom. The summed E-state index contributed by atoms with van der Waals surface area (Å²) in [4.78, 5) is 0. The molecule has 1 aromatic rings. The minimum atomic E-state index is 0.160. The SMILES string of the molecule is CC1(C)CNc2cc(N)ccc2OC1. The first-order valence-corrected chi connectivity index (χ1v) is 4.83. The van der Waals surface area contributed by atoms with Crippen molar-refractivity contribution in [2.75, 3.05) is 24.2 Å². The van der Waals surface area contributed by atoms with Crippen LogP contribution in [0.25, 0.3) is 0 Å². The van der Waals surface area contributed by atoms with Crippen LogP contribution in [0.4, 0.5) is 11.4 Å². The molecule has 0 unspecified atom stereocenters. The molecular formula is C11H16N2O. The summed E-state index contributed by atoms with van der Waals surface area (Å²) in [6.07, 6.45) is 0. The van der Waals surface area contributed by atoms with Crippen molar-refractivity contribution in [1.82, 2.24) is 0 Å². The lowest BCUT2D eigenvalue weighted by atomic mass is 9.95. The maximum Gasteiger partial charge on any atom is 0.142 e. The zero-order valence-corrected chi connectivity index (χ0v) is 8.63. The van der Waals surface area contributed by atoms with Crippen molar-refractivity contribution >= 4 is 11.4 Å². The van der Waals surface area contributed by atoms with Crippen molar-refractivity contribution in [2.45, 2.75) is 13.8 Å². The summed E-state index contributed by atoms with van der Waals surface area (Å²) < 4.78 is 5.70.